The number of carbonyl (C=O) groups is 3. The van der Waals surface area contributed by atoms with Gasteiger partial charge >= 0.3 is 11.7 Å². The van der Waals surface area contributed by atoms with Gasteiger partial charge in [0.15, 0.2) is 22.7 Å². The number of imide groups is 1. The first-order chi connectivity index (χ1) is 23.8. The standard InChI is InChI=1S/C33H25Cl3N6O7S/c1-39-28-27(30(45)40(2)32(39)46)41(15-18-8-9-20(35)14-22(18)36)31(38-28)49-23-10-7-17(11-24(23)48-3)12-25-29(44)42(33(47)50-25)16-26(43)37-21-6-4-5-19(34)13-21/h4-14H,15-16H2,1-3H3,(H,37,43)/b25-12-. The van der Waals surface area contributed by atoms with Crippen molar-refractivity contribution in [2.45, 2.75) is 6.54 Å². The molecule has 3 heterocycles. The van der Waals surface area contributed by atoms with E-state index in [0.29, 0.717) is 43.6 Å². The number of carbonyl (C=O) groups excluding carboxylic acids is 3. The summed E-state index contributed by atoms with van der Waals surface area (Å²) in [6.07, 6.45) is 1.49. The molecule has 0 radical (unpaired) electrons. The average Bonchev–Trinajstić information content (AvgIpc) is 3.56. The Hall–Kier alpha value is -5.02. The van der Waals surface area contributed by atoms with E-state index in [-0.39, 0.29) is 40.1 Å². The first-order valence-electron chi connectivity index (χ1n) is 14.6. The normalized spacial score (nSPS) is 13.8. The number of methoxy groups -OCH3 is 1. The number of anilines is 1. The molecule has 0 atom stereocenters. The van der Waals surface area contributed by atoms with Crippen LogP contribution in [0.2, 0.25) is 15.1 Å². The lowest BCUT2D eigenvalue weighted by atomic mass is 10.2. The van der Waals surface area contributed by atoms with Crippen LogP contribution >= 0.6 is 46.6 Å². The number of thioether (sulfide) groups is 1. The number of halogens is 3. The molecule has 3 amide bonds. The first-order valence-corrected chi connectivity index (χ1v) is 16.6. The van der Waals surface area contributed by atoms with Crippen molar-refractivity contribution in [3.63, 3.8) is 0 Å². The first kappa shape index (κ1) is 34.8. The second-order valence-corrected chi connectivity index (χ2v) is 13.2. The summed E-state index contributed by atoms with van der Waals surface area (Å²) in [6, 6.07) is 16.1. The van der Waals surface area contributed by atoms with E-state index < -0.39 is 34.8 Å². The molecule has 0 aliphatic carbocycles. The van der Waals surface area contributed by atoms with E-state index in [1.54, 1.807) is 60.7 Å². The number of nitrogens with zero attached hydrogens (tertiary/aromatic N) is 5. The molecule has 0 saturated carbocycles. The minimum atomic E-state index is -0.637. The van der Waals surface area contributed by atoms with Gasteiger partial charge in [0.25, 0.3) is 16.7 Å². The van der Waals surface area contributed by atoms with Crippen LogP contribution in [-0.4, -0.2) is 54.3 Å². The molecule has 5 aromatic rings. The maximum Gasteiger partial charge on any atom is 0.332 e. The lowest BCUT2D eigenvalue weighted by Crippen LogP contribution is -2.37. The highest BCUT2D eigenvalue weighted by Gasteiger charge is 2.36. The largest absolute Gasteiger partial charge is 0.493 e. The number of benzene rings is 3. The van der Waals surface area contributed by atoms with Crippen molar-refractivity contribution in [1.82, 2.24) is 23.6 Å². The fourth-order valence-electron chi connectivity index (χ4n) is 5.13. The van der Waals surface area contributed by atoms with Crippen molar-refractivity contribution in [3.05, 3.63) is 113 Å². The molecule has 2 aromatic heterocycles. The van der Waals surface area contributed by atoms with Crippen LogP contribution in [-0.2, 0) is 30.2 Å². The van der Waals surface area contributed by atoms with Crippen molar-refractivity contribution < 1.29 is 23.9 Å². The van der Waals surface area contributed by atoms with Crippen LogP contribution < -0.4 is 26.0 Å². The van der Waals surface area contributed by atoms with E-state index in [4.69, 9.17) is 44.3 Å². The number of rotatable bonds is 9. The van der Waals surface area contributed by atoms with Crippen molar-refractivity contribution in [1.29, 1.82) is 0 Å². The Balaban J connectivity index is 1.29. The third kappa shape index (κ3) is 6.87. The molecule has 1 saturated heterocycles. The van der Waals surface area contributed by atoms with E-state index in [9.17, 15) is 24.0 Å². The molecule has 0 spiro atoms. The second kappa shape index (κ2) is 14.1. The number of amides is 3. The predicted molar refractivity (Wildman–Crippen MR) is 192 cm³/mol. The highest BCUT2D eigenvalue weighted by atomic mass is 35.5. The Morgan fingerprint density at radius 2 is 1.70 bits per heavy atom. The minimum Gasteiger partial charge on any atom is -0.493 e. The number of aryl methyl sites for hydroxylation is 1. The van der Waals surface area contributed by atoms with E-state index in [1.807, 2.05) is 0 Å². The topological polar surface area (TPSA) is 147 Å². The number of hydrogen-bond donors (Lipinski definition) is 1. The van der Waals surface area contributed by atoms with Gasteiger partial charge in [0.05, 0.1) is 18.6 Å². The van der Waals surface area contributed by atoms with Crippen LogP contribution in [0.1, 0.15) is 11.1 Å². The summed E-state index contributed by atoms with van der Waals surface area (Å²) < 4.78 is 15.5. The Labute approximate surface area is 302 Å². The van der Waals surface area contributed by atoms with Crippen LogP contribution in [0.5, 0.6) is 17.5 Å². The summed E-state index contributed by atoms with van der Waals surface area (Å²) in [5.41, 5.74) is 0.546. The van der Waals surface area contributed by atoms with Gasteiger partial charge in [0, 0.05) is 34.9 Å². The van der Waals surface area contributed by atoms with Crippen molar-refractivity contribution in [2.75, 3.05) is 19.0 Å². The number of nitrogens with one attached hydrogen (secondary N) is 1. The van der Waals surface area contributed by atoms with E-state index in [1.165, 1.54) is 36.4 Å². The summed E-state index contributed by atoms with van der Waals surface area (Å²) in [5.74, 6) is -0.789. The molecule has 3 aromatic carbocycles. The fraction of sp³-hybridized carbons (Fsp3) is 0.152. The zero-order valence-corrected chi connectivity index (χ0v) is 29.5. The Bertz CT molecular complexity index is 2390. The molecule has 1 fully saturated rings. The average molecular weight is 756 g/mol. The molecule has 50 heavy (non-hydrogen) atoms. The van der Waals surface area contributed by atoms with Gasteiger partial charge in [-0.3, -0.25) is 37.8 Å². The molecule has 1 aliphatic rings. The highest BCUT2D eigenvalue weighted by molar-refractivity contribution is 8.18. The quantitative estimate of drug-likeness (QED) is 0.181. The number of fused-ring (bicyclic) bond motifs is 1. The number of imidazole rings is 1. The molecule has 1 N–H and O–H groups in total. The molecule has 0 bridgehead atoms. The van der Waals surface area contributed by atoms with Gasteiger partial charge in [-0.25, -0.2) is 4.79 Å². The summed E-state index contributed by atoms with van der Waals surface area (Å²) >= 11 is 19.2. The lowest BCUT2D eigenvalue weighted by Gasteiger charge is -2.14. The van der Waals surface area contributed by atoms with Crippen LogP contribution in [0.25, 0.3) is 17.2 Å². The van der Waals surface area contributed by atoms with Crippen LogP contribution in [0.3, 0.4) is 0 Å². The van der Waals surface area contributed by atoms with Crippen LogP contribution in [0, 0.1) is 0 Å². The van der Waals surface area contributed by atoms with Gasteiger partial charge in [-0.15, -0.1) is 0 Å². The molecular weight excluding hydrogens is 731 g/mol. The van der Waals surface area contributed by atoms with Crippen LogP contribution in [0.4, 0.5) is 10.5 Å². The molecule has 0 unspecified atom stereocenters. The molecule has 256 valence electrons. The number of hydrogen-bond acceptors (Lipinski definition) is 9. The monoisotopic (exact) mass is 754 g/mol. The third-order valence-electron chi connectivity index (χ3n) is 7.63. The zero-order valence-electron chi connectivity index (χ0n) is 26.4. The molecule has 13 nitrogen and oxygen atoms in total. The molecular formula is C33H25Cl3N6O7S. The SMILES string of the molecule is COc1cc(/C=C2\SC(=O)N(CC(=O)Nc3cccc(Cl)c3)C2=O)ccc1Oc1nc2c(c(=O)n(C)c(=O)n2C)n1Cc1ccc(Cl)cc1Cl. The Morgan fingerprint density at radius 1 is 0.940 bits per heavy atom. The van der Waals surface area contributed by atoms with Crippen molar-refractivity contribution in [2.24, 2.45) is 14.1 Å². The van der Waals surface area contributed by atoms with E-state index >= 15 is 0 Å². The van der Waals surface area contributed by atoms with Crippen molar-refractivity contribution in [3.8, 4) is 17.5 Å². The Morgan fingerprint density at radius 3 is 2.42 bits per heavy atom. The zero-order chi connectivity index (χ0) is 35.9. The molecule has 1 aliphatic heterocycles. The maximum absolute atomic E-state index is 13.3. The predicted octanol–water partition coefficient (Wildman–Crippen LogP) is 5.92. The third-order valence-corrected chi connectivity index (χ3v) is 9.36. The molecule has 6 rings (SSSR count). The summed E-state index contributed by atoms with van der Waals surface area (Å²) in [4.78, 5) is 69.9. The van der Waals surface area contributed by atoms with Gasteiger partial charge in [-0.2, -0.15) is 4.98 Å². The van der Waals surface area contributed by atoms with Crippen molar-refractivity contribution >= 4 is 86.5 Å². The number of ether oxygens (including phenoxy) is 2. The van der Waals surface area contributed by atoms with Gasteiger partial charge < -0.3 is 14.8 Å². The maximum atomic E-state index is 13.3. The second-order valence-electron chi connectivity index (χ2n) is 10.9. The number of aromatic nitrogens is 4. The van der Waals surface area contributed by atoms with E-state index in [2.05, 4.69) is 10.3 Å². The van der Waals surface area contributed by atoms with E-state index in [0.717, 1.165) is 9.47 Å². The summed E-state index contributed by atoms with van der Waals surface area (Å²) in [5, 5.41) is 3.21. The highest BCUT2D eigenvalue weighted by Crippen LogP contribution is 2.37. The summed E-state index contributed by atoms with van der Waals surface area (Å²) in [6.45, 7) is -0.440. The fourth-order valence-corrected chi connectivity index (χ4v) is 6.62. The smallest absolute Gasteiger partial charge is 0.332 e. The van der Waals surface area contributed by atoms with Gasteiger partial charge in [-0.05, 0) is 71.4 Å². The van der Waals surface area contributed by atoms with Gasteiger partial charge in [0.2, 0.25) is 5.91 Å². The minimum absolute atomic E-state index is 0.0347. The van der Waals surface area contributed by atoms with Gasteiger partial charge in [0.1, 0.15) is 6.54 Å². The molecule has 17 heteroatoms. The van der Waals surface area contributed by atoms with Gasteiger partial charge in [-0.1, -0.05) is 53.0 Å². The van der Waals surface area contributed by atoms with Crippen LogP contribution in [0.15, 0.2) is 75.2 Å². The lowest BCUT2D eigenvalue weighted by molar-refractivity contribution is -0.127. The summed E-state index contributed by atoms with van der Waals surface area (Å²) in [7, 11) is 4.26. The Kier molecular flexibility index (Phi) is 9.80.